The van der Waals surface area contributed by atoms with Crippen LogP contribution in [0.2, 0.25) is 0 Å². The molecule has 6 aliphatic rings. The van der Waals surface area contributed by atoms with Crippen LogP contribution in [0, 0.1) is 6.92 Å². The predicted molar refractivity (Wildman–Crippen MR) is 289 cm³/mol. The lowest BCUT2D eigenvalue weighted by Crippen LogP contribution is -2.71. The molecule has 0 spiro atoms. The van der Waals surface area contributed by atoms with E-state index >= 15 is 0 Å². The molecule has 67 heavy (non-hydrogen) atoms. The van der Waals surface area contributed by atoms with Crippen LogP contribution >= 0.6 is 0 Å². The molecule has 12 rings (SSSR count). The lowest BCUT2D eigenvalue weighted by molar-refractivity contribution is 0.199. The molecule has 342 valence electrons. The van der Waals surface area contributed by atoms with Crippen molar-refractivity contribution in [3.8, 4) is 33.4 Å². The number of fused-ring (bicyclic) bond motifs is 12. The summed E-state index contributed by atoms with van der Waals surface area (Å²) in [4.78, 5) is 5.80. The van der Waals surface area contributed by atoms with E-state index in [1.165, 1.54) is 133 Å². The molecular weight excluding hydrogens is 808 g/mol. The Morgan fingerprint density at radius 3 is 1.82 bits per heavy atom. The number of rotatable bonds is 2. The second kappa shape index (κ2) is 13.4. The predicted octanol–water partition coefficient (Wildman–Crippen LogP) is 15.9. The van der Waals surface area contributed by atoms with E-state index in [-0.39, 0.29) is 44.9 Å². The Balaban J connectivity index is 1.24. The zero-order valence-electron chi connectivity index (χ0n) is 43.5. The first-order valence-corrected chi connectivity index (χ1v) is 25.9. The smallest absolute Gasteiger partial charge is 0.329 e. The zero-order chi connectivity index (χ0) is 47.3. The fourth-order valence-corrected chi connectivity index (χ4v) is 14.7. The van der Waals surface area contributed by atoms with Crippen LogP contribution in [0.15, 0.2) is 97.1 Å². The summed E-state index contributed by atoms with van der Waals surface area (Å²) < 4.78 is 0. The van der Waals surface area contributed by atoms with Crippen LogP contribution in [0.5, 0.6) is 0 Å². The van der Waals surface area contributed by atoms with Crippen LogP contribution in [-0.2, 0) is 32.5 Å². The Bertz CT molecular complexity index is 3130. The number of hydrogen-bond acceptors (Lipinski definition) is 2. The molecule has 3 aliphatic heterocycles. The molecule has 0 aromatic heterocycles. The van der Waals surface area contributed by atoms with Crippen LogP contribution in [0.25, 0.3) is 33.4 Å². The van der Waals surface area contributed by atoms with Gasteiger partial charge < -0.3 is 9.71 Å². The lowest BCUT2D eigenvalue weighted by atomic mass is 9.40. The minimum atomic E-state index is -0.231. The van der Waals surface area contributed by atoms with Crippen LogP contribution in [0.3, 0.4) is 0 Å². The molecular formula is C64H73BN2. The van der Waals surface area contributed by atoms with Gasteiger partial charge in [-0.1, -0.05) is 164 Å². The molecule has 2 unspecified atom stereocenters. The first kappa shape index (κ1) is 43.3. The third kappa shape index (κ3) is 5.64. The van der Waals surface area contributed by atoms with Crippen molar-refractivity contribution < 1.29 is 0 Å². The zero-order valence-corrected chi connectivity index (χ0v) is 43.5. The van der Waals surface area contributed by atoms with Crippen molar-refractivity contribution in [3.63, 3.8) is 0 Å². The number of benzene rings is 6. The maximum absolute atomic E-state index is 3.07. The maximum atomic E-state index is 3.07. The number of hydrogen-bond donors (Lipinski definition) is 0. The summed E-state index contributed by atoms with van der Waals surface area (Å²) in [6, 6.07) is 39.5. The van der Waals surface area contributed by atoms with E-state index in [4.69, 9.17) is 0 Å². The molecule has 0 amide bonds. The van der Waals surface area contributed by atoms with Crippen LogP contribution in [-0.4, -0.2) is 12.4 Å². The highest BCUT2D eigenvalue weighted by molar-refractivity contribution is 6.93. The van der Waals surface area contributed by atoms with Crippen LogP contribution in [0.4, 0.5) is 22.7 Å². The molecule has 3 heterocycles. The molecule has 6 aromatic rings. The molecule has 0 saturated heterocycles. The van der Waals surface area contributed by atoms with E-state index in [0.717, 1.165) is 0 Å². The van der Waals surface area contributed by atoms with Crippen molar-refractivity contribution >= 4 is 40.5 Å². The molecule has 6 aromatic carbocycles. The standard InChI is InChI=1S/C64H73BN2/c1-38-31-45-46-34-41(59(5,6)7)35-50-57(46)67(64(15)28-20-19-27-63(50,64)14)65-55(45)53(32-38)66(51-25-23-40(58(2,3)4)33-43(51)39-21-17-16-18-22-39)52-26-24-42-44-36-48-49(61(10,11)30-29-60(48,8)9)37-47(44)62(12,13)54(42)56(52)65/h16-18,21-26,31-37H,19-20,27-30H2,1-15H3. The highest BCUT2D eigenvalue weighted by Crippen LogP contribution is 2.65. The summed E-state index contributed by atoms with van der Waals surface area (Å²) in [7, 11) is 0. The summed E-state index contributed by atoms with van der Waals surface area (Å²) in [6.45, 7) is 37.2. The second-order valence-corrected chi connectivity index (χ2v) is 26.4. The maximum Gasteiger partial charge on any atom is 0.329 e. The summed E-state index contributed by atoms with van der Waals surface area (Å²) in [5, 5.41) is 0. The van der Waals surface area contributed by atoms with E-state index in [1.807, 2.05) is 0 Å². The van der Waals surface area contributed by atoms with Gasteiger partial charge in [0.2, 0.25) is 0 Å². The summed E-state index contributed by atoms with van der Waals surface area (Å²) >= 11 is 0. The van der Waals surface area contributed by atoms with Gasteiger partial charge in [-0.25, -0.2) is 0 Å². The fraction of sp³-hybridized carbons (Fsp3) is 0.438. The minimum absolute atomic E-state index is 0.00158. The molecule has 1 saturated carbocycles. The van der Waals surface area contributed by atoms with Crippen molar-refractivity contribution in [2.24, 2.45) is 0 Å². The Morgan fingerprint density at radius 1 is 0.493 bits per heavy atom. The normalized spacial score (nSPS) is 23.2. The Kier molecular flexibility index (Phi) is 8.65. The Hall–Kier alpha value is -5.02. The third-order valence-electron chi connectivity index (χ3n) is 19.0. The monoisotopic (exact) mass is 881 g/mol. The first-order chi connectivity index (χ1) is 31.4. The lowest BCUT2D eigenvalue weighted by Gasteiger charge is -2.55. The Labute approximate surface area is 403 Å². The quantitative estimate of drug-likeness (QED) is 0.160. The van der Waals surface area contributed by atoms with Crippen molar-refractivity contribution in [3.05, 3.63) is 142 Å². The number of anilines is 4. The van der Waals surface area contributed by atoms with Gasteiger partial charge in [-0.05, 0) is 175 Å². The van der Waals surface area contributed by atoms with Gasteiger partial charge >= 0.3 is 6.85 Å². The van der Waals surface area contributed by atoms with Gasteiger partial charge in [-0.15, -0.1) is 0 Å². The third-order valence-corrected chi connectivity index (χ3v) is 19.0. The second-order valence-electron chi connectivity index (χ2n) is 26.4. The number of nitrogens with zero attached hydrogens (tertiary/aromatic N) is 2. The van der Waals surface area contributed by atoms with Gasteiger partial charge in [0.1, 0.15) is 0 Å². The largest absolute Gasteiger partial charge is 0.400 e. The molecule has 2 nitrogen and oxygen atoms in total. The van der Waals surface area contributed by atoms with Crippen LogP contribution in [0.1, 0.15) is 180 Å². The molecule has 0 N–H and O–H groups in total. The minimum Gasteiger partial charge on any atom is -0.400 e. The molecule has 0 radical (unpaired) electrons. The molecule has 1 fully saturated rings. The van der Waals surface area contributed by atoms with E-state index < -0.39 is 0 Å². The van der Waals surface area contributed by atoms with Gasteiger partial charge in [0.05, 0.1) is 5.69 Å². The van der Waals surface area contributed by atoms with E-state index in [2.05, 4.69) is 211 Å². The van der Waals surface area contributed by atoms with Crippen molar-refractivity contribution in [2.75, 3.05) is 9.71 Å². The summed E-state index contributed by atoms with van der Waals surface area (Å²) in [5.41, 5.74) is 28.6. The molecule has 0 bridgehead atoms. The van der Waals surface area contributed by atoms with Gasteiger partial charge in [-0.3, -0.25) is 0 Å². The summed E-state index contributed by atoms with van der Waals surface area (Å²) in [5.74, 6) is 0. The van der Waals surface area contributed by atoms with E-state index in [1.54, 1.807) is 16.7 Å². The van der Waals surface area contributed by atoms with Crippen molar-refractivity contribution in [1.82, 2.24) is 0 Å². The number of aryl methyl sites for hydroxylation is 1. The van der Waals surface area contributed by atoms with Gasteiger partial charge in [-0.2, -0.15) is 0 Å². The SMILES string of the molecule is Cc1cc2c3c(c1)N(c1ccc(C(C)(C)C)cc1-c1ccccc1)c1ccc4c(c1B3N1c3c-2cc(C(C)(C)C)cc3C2(C)CCCCC12C)C(C)(C)c1cc2c(cc1-4)C(C)(C)CCC2(C)C. The van der Waals surface area contributed by atoms with Gasteiger partial charge in [0, 0.05) is 44.6 Å². The molecule has 3 heteroatoms. The van der Waals surface area contributed by atoms with E-state index in [0.29, 0.717) is 0 Å². The Morgan fingerprint density at radius 2 is 1.13 bits per heavy atom. The first-order valence-electron chi connectivity index (χ1n) is 25.9. The molecule has 3 aliphatic carbocycles. The van der Waals surface area contributed by atoms with Gasteiger partial charge in [0.25, 0.3) is 0 Å². The molecule has 2 atom stereocenters. The topological polar surface area (TPSA) is 6.48 Å². The summed E-state index contributed by atoms with van der Waals surface area (Å²) in [6.07, 6.45) is 7.38. The van der Waals surface area contributed by atoms with Crippen molar-refractivity contribution in [2.45, 2.75) is 180 Å². The highest BCUT2D eigenvalue weighted by Gasteiger charge is 2.64. The van der Waals surface area contributed by atoms with Crippen LogP contribution < -0.4 is 20.6 Å². The van der Waals surface area contributed by atoms with Crippen molar-refractivity contribution in [1.29, 1.82) is 0 Å². The average Bonchev–Trinajstić information content (AvgIpc) is 3.62. The van der Waals surface area contributed by atoms with Gasteiger partial charge in [0.15, 0.2) is 0 Å². The average molecular weight is 881 g/mol. The fourth-order valence-electron chi connectivity index (χ4n) is 14.7. The highest BCUT2D eigenvalue weighted by atomic mass is 15.2. The van der Waals surface area contributed by atoms with E-state index in [9.17, 15) is 0 Å².